The van der Waals surface area contributed by atoms with Gasteiger partial charge in [-0.1, -0.05) is 6.08 Å². The van der Waals surface area contributed by atoms with E-state index in [-0.39, 0.29) is 0 Å². The Morgan fingerprint density at radius 2 is 2.36 bits per heavy atom. The van der Waals surface area contributed by atoms with Crippen LogP contribution in [-0.2, 0) is 4.74 Å². The molecule has 0 saturated heterocycles. The molecule has 0 heterocycles. The normalized spacial score (nSPS) is 12.9. The van der Waals surface area contributed by atoms with Gasteiger partial charge >= 0.3 is 0 Å². The molecule has 0 bridgehead atoms. The zero-order valence-corrected chi connectivity index (χ0v) is 7.60. The van der Waals surface area contributed by atoms with Gasteiger partial charge in [0.2, 0.25) is 0 Å². The minimum atomic E-state index is 0.551. The first-order valence-corrected chi connectivity index (χ1v) is 4.14. The van der Waals surface area contributed by atoms with Crippen molar-refractivity contribution >= 4 is 0 Å². The van der Waals surface area contributed by atoms with Crippen molar-refractivity contribution in [1.82, 2.24) is 5.32 Å². The number of rotatable bonds is 7. The molecule has 0 fully saturated rings. The van der Waals surface area contributed by atoms with Crippen molar-refractivity contribution in [3.63, 3.8) is 0 Å². The molecule has 66 valence electrons. The summed E-state index contributed by atoms with van der Waals surface area (Å²) >= 11 is 0. The van der Waals surface area contributed by atoms with Gasteiger partial charge in [0, 0.05) is 19.8 Å². The maximum absolute atomic E-state index is 4.96. The SMILES string of the molecule is C=CCCNC(C)CCOC. The summed E-state index contributed by atoms with van der Waals surface area (Å²) in [4.78, 5) is 0. The van der Waals surface area contributed by atoms with Crippen LogP contribution in [0.4, 0.5) is 0 Å². The van der Waals surface area contributed by atoms with Crippen molar-refractivity contribution in [2.24, 2.45) is 0 Å². The molecule has 1 N–H and O–H groups in total. The molecule has 0 saturated carbocycles. The van der Waals surface area contributed by atoms with Gasteiger partial charge in [-0.3, -0.25) is 0 Å². The number of hydrogen-bond donors (Lipinski definition) is 1. The number of nitrogens with one attached hydrogen (secondary N) is 1. The zero-order chi connectivity index (χ0) is 8.53. The molecule has 0 aromatic heterocycles. The second kappa shape index (κ2) is 7.76. The first-order valence-electron chi connectivity index (χ1n) is 4.14. The monoisotopic (exact) mass is 157 g/mol. The van der Waals surface area contributed by atoms with E-state index in [1.165, 1.54) is 0 Å². The van der Waals surface area contributed by atoms with Crippen molar-refractivity contribution in [1.29, 1.82) is 0 Å². The smallest absolute Gasteiger partial charge is 0.0476 e. The van der Waals surface area contributed by atoms with Crippen LogP contribution in [0.25, 0.3) is 0 Å². The summed E-state index contributed by atoms with van der Waals surface area (Å²) in [5.41, 5.74) is 0. The molecule has 0 amide bonds. The molecule has 1 atom stereocenters. The Balaban J connectivity index is 3.08. The first-order chi connectivity index (χ1) is 5.31. The van der Waals surface area contributed by atoms with Crippen molar-refractivity contribution < 1.29 is 4.74 Å². The van der Waals surface area contributed by atoms with Crippen molar-refractivity contribution in [3.8, 4) is 0 Å². The van der Waals surface area contributed by atoms with E-state index in [1.807, 2.05) is 6.08 Å². The van der Waals surface area contributed by atoms with E-state index < -0.39 is 0 Å². The average Bonchev–Trinajstić information content (AvgIpc) is 2.01. The maximum atomic E-state index is 4.96. The zero-order valence-electron chi connectivity index (χ0n) is 7.60. The third-order valence-corrected chi connectivity index (χ3v) is 1.60. The lowest BCUT2D eigenvalue weighted by Crippen LogP contribution is -2.27. The van der Waals surface area contributed by atoms with E-state index in [9.17, 15) is 0 Å². The molecule has 2 heteroatoms. The number of methoxy groups -OCH3 is 1. The number of ether oxygens (including phenoxy) is 1. The van der Waals surface area contributed by atoms with Crippen molar-refractivity contribution in [3.05, 3.63) is 12.7 Å². The summed E-state index contributed by atoms with van der Waals surface area (Å²) in [6.07, 6.45) is 4.04. The van der Waals surface area contributed by atoms with E-state index in [0.29, 0.717) is 6.04 Å². The summed E-state index contributed by atoms with van der Waals surface area (Å²) in [6, 6.07) is 0.551. The van der Waals surface area contributed by atoms with E-state index >= 15 is 0 Å². The standard InChI is InChI=1S/C9H19NO/c1-4-5-7-10-9(2)6-8-11-3/h4,9-10H,1,5-8H2,2-3H3. The summed E-state index contributed by atoms with van der Waals surface area (Å²) in [6.45, 7) is 7.68. The predicted octanol–water partition coefficient (Wildman–Crippen LogP) is 1.58. The van der Waals surface area contributed by atoms with E-state index in [1.54, 1.807) is 7.11 Å². The molecule has 0 rings (SSSR count). The Morgan fingerprint density at radius 1 is 1.64 bits per heavy atom. The molecule has 0 radical (unpaired) electrons. The van der Waals surface area contributed by atoms with Crippen LogP contribution < -0.4 is 5.32 Å². The third kappa shape index (κ3) is 7.56. The van der Waals surface area contributed by atoms with Crippen LogP contribution in [0.15, 0.2) is 12.7 Å². The van der Waals surface area contributed by atoms with Crippen LogP contribution in [0.1, 0.15) is 19.8 Å². The van der Waals surface area contributed by atoms with Gasteiger partial charge in [0.1, 0.15) is 0 Å². The van der Waals surface area contributed by atoms with Gasteiger partial charge < -0.3 is 10.1 Å². The van der Waals surface area contributed by atoms with Crippen molar-refractivity contribution in [2.45, 2.75) is 25.8 Å². The highest BCUT2D eigenvalue weighted by atomic mass is 16.5. The molecule has 1 unspecified atom stereocenters. The highest BCUT2D eigenvalue weighted by Gasteiger charge is 1.97. The van der Waals surface area contributed by atoms with Gasteiger partial charge in [0.15, 0.2) is 0 Å². The molecule has 11 heavy (non-hydrogen) atoms. The molecule has 0 aliphatic carbocycles. The third-order valence-electron chi connectivity index (χ3n) is 1.60. The van der Waals surface area contributed by atoms with Crippen LogP contribution >= 0.6 is 0 Å². The molecule has 0 aromatic carbocycles. The van der Waals surface area contributed by atoms with Gasteiger partial charge in [0.25, 0.3) is 0 Å². The molecular weight excluding hydrogens is 138 g/mol. The molecule has 0 aromatic rings. The lowest BCUT2D eigenvalue weighted by Gasteiger charge is -2.11. The van der Waals surface area contributed by atoms with Crippen LogP contribution in [-0.4, -0.2) is 26.3 Å². The van der Waals surface area contributed by atoms with Gasteiger partial charge in [0.05, 0.1) is 0 Å². The lowest BCUT2D eigenvalue weighted by atomic mass is 10.2. The van der Waals surface area contributed by atoms with Crippen LogP contribution in [0.5, 0.6) is 0 Å². The Hall–Kier alpha value is -0.340. The predicted molar refractivity (Wildman–Crippen MR) is 48.8 cm³/mol. The minimum Gasteiger partial charge on any atom is -0.385 e. The van der Waals surface area contributed by atoms with E-state index in [4.69, 9.17) is 4.74 Å². The quantitative estimate of drug-likeness (QED) is 0.447. The van der Waals surface area contributed by atoms with E-state index in [0.717, 1.165) is 26.0 Å². The summed E-state index contributed by atoms with van der Waals surface area (Å²) in [5, 5.41) is 3.37. The Kier molecular flexibility index (Phi) is 7.52. The summed E-state index contributed by atoms with van der Waals surface area (Å²) in [7, 11) is 1.73. The number of hydrogen-bond acceptors (Lipinski definition) is 2. The first kappa shape index (κ1) is 10.7. The fourth-order valence-electron chi connectivity index (χ4n) is 0.828. The highest BCUT2D eigenvalue weighted by Crippen LogP contribution is 1.90. The topological polar surface area (TPSA) is 21.3 Å². The van der Waals surface area contributed by atoms with Gasteiger partial charge in [-0.2, -0.15) is 0 Å². The fourth-order valence-corrected chi connectivity index (χ4v) is 0.828. The van der Waals surface area contributed by atoms with Crippen LogP contribution in [0.3, 0.4) is 0 Å². The van der Waals surface area contributed by atoms with Gasteiger partial charge in [-0.05, 0) is 26.3 Å². The molecular formula is C9H19NO. The second-order valence-electron chi connectivity index (χ2n) is 2.71. The Bertz CT molecular complexity index is 93.6. The average molecular weight is 157 g/mol. The van der Waals surface area contributed by atoms with E-state index in [2.05, 4.69) is 18.8 Å². The molecule has 0 aliphatic heterocycles. The highest BCUT2D eigenvalue weighted by molar-refractivity contribution is 4.69. The van der Waals surface area contributed by atoms with Crippen molar-refractivity contribution in [2.75, 3.05) is 20.3 Å². The summed E-state index contributed by atoms with van der Waals surface area (Å²) in [5.74, 6) is 0. The van der Waals surface area contributed by atoms with Gasteiger partial charge in [-0.15, -0.1) is 6.58 Å². The Morgan fingerprint density at radius 3 is 2.91 bits per heavy atom. The van der Waals surface area contributed by atoms with Crippen LogP contribution in [0, 0.1) is 0 Å². The second-order valence-corrected chi connectivity index (χ2v) is 2.71. The largest absolute Gasteiger partial charge is 0.385 e. The minimum absolute atomic E-state index is 0.551. The molecule has 2 nitrogen and oxygen atoms in total. The molecule has 0 aliphatic rings. The fraction of sp³-hybridized carbons (Fsp3) is 0.778. The lowest BCUT2D eigenvalue weighted by molar-refractivity contribution is 0.185. The van der Waals surface area contributed by atoms with Crippen LogP contribution in [0.2, 0.25) is 0 Å². The summed E-state index contributed by atoms with van der Waals surface area (Å²) < 4.78 is 4.96. The van der Waals surface area contributed by atoms with Gasteiger partial charge in [-0.25, -0.2) is 0 Å². The maximum Gasteiger partial charge on any atom is 0.0476 e. The Labute approximate surface area is 69.6 Å². The molecule has 0 spiro atoms.